The molecular weight excluding hydrogens is 220 g/mol. The lowest BCUT2D eigenvalue weighted by Gasteiger charge is -2.16. The number of fused-ring (bicyclic) bond motifs is 1. The van der Waals surface area contributed by atoms with Crippen molar-refractivity contribution in [1.29, 1.82) is 0 Å². The summed E-state index contributed by atoms with van der Waals surface area (Å²) in [5, 5.41) is 3.34. The highest BCUT2D eigenvalue weighted by Crippen LogP contribution is 2.20. The lowest BCUT2D eigenvalue weighted by molar-refractivity contribution is 0.817. The van der Waals surface area contributed by atoms with Gasteiger partial charge in [-0.25, -0.2) is 4.98 Å². The molecule has 2 nitrogen and oxygen atoms in total. The third-order valence-corrected chi connectivity index (χ3v) is 2.98. The fraction of sp³-hybridized carbons (Fsp3) is 0.462. The number of rotatable bonds is 4. The third-order valence-electron chi connectivity index (χ3n) is 2.71. The Labute approximate surface area is 102 Å². The normalized spacial score (nSPS) is 14.8. The molecule has 1 aromatic rings. The van der Waals surface area contributed by atoms with Gasteiger partial charge in [0.15, 0.2) is 0 Å². The van der Waals surface area contributed by atoms with Crippen molar-refractivity contribution in [2.75, 3.05) is 17.7 Å². The van der Waals surface area contributed by atoms with Gasteiger partial charge in [0, 0.05) is 12.4 Å². The van der Waals surface area contributed by atoms with Gasteiger partial charge >= 0.3 is 0 Å². The topological polar surface area (TPSA) is 24.9 Å². The largest absolute Gasteiger partial charge is 0.370 e. The average Bonchev–Trinajstić information content (AvgIpc) is 2.34. The molecule has 1 N–H and O–H groups in total. The Hall–Kier alpha value is -1.02. The summed E-state index contributed by atoms with van der Waals surface area (Å²) in [5.74, 6) is 1.79. The summed E-state index contributed by atoms with van der Waals surface area (Å²) < 4.78 is 0. The zero-order valence-electron chi connectivity index (χ0n) is 9.38. The second kappa shape index (κ2) is 5.90. The Balaban J connectivity index is 2.02. The molecule has 2 heterocycles. The minimum atomic E-state index is 0.726. The number of allylic oxidation sites excluding steroid dienone is 1. The first-order valence-electron chi connectivity index (χ1n) is 5.86. The van der Waals surface area contributed by atoms with E-state index < -0.39 is 0 Å². The molecule has 0 aliphatic carbocycles. The molecule has 0 fully saturated rings. The van der Waals surface area contributed by atoms with E-state index >= 15 is 0 Å². The molecule has 16 heavy (non-hydrogen) atoms. The van der Waals surface area contributed by atoms with E-state index in [2.05, 4.69) is 34.6 Å². The van der Waals surface area contributed by atoms with Crippen molar-refractivity contribution in [2.45, 2.75) is 25.7 Å². The van der Waals surface area contributed by atoms with Crippen LogP contribution in [-0.2, 0) is 6.42 Å². The molecule has 1 aliphatic rings. The molecule has 1 aliphatic heterocycles. The number of anilines is 1. The quantitative estimate of drug-likeness (QED) is 0.640. The van der Waals surface area contributed by atoms with Crippen molar-refractivity contribution in [2.24, 2.45) is 0 Å². The van der Waals surface area contributed by atoms with Crippen molar-refractivity contribution in [3.05, 3.63) is 29.5 Å². The first kappa shape index (κ1) is 11.5. The number of unbranched alkanes of at least 4 members (excludes halogenated alkanes) is 1. The lowest BCUT2D eigenvalue weighted by atomic mass is 10.1. The van der Waals surface area contributed by atoms with Gasteiger partial charge in [0.05, 0.1) is 5.69 Å². The number of pyridine rings is 1. The first-order valence-corrected chi connectivity index (χ1v) is 6.40. The van der Waals surface area contributed by atoms with Crippen LogP contribution in [0.15, 0.2) is 18.2 Å². The monoisotopic (exact) mass is 236 g/mol. The van der Waals surface area contributed by atoms with Crippen molar-refractivity contribution >= 4 is 23.5 Å². The van der Waals surface area contributed by atoms with Crippen LogP contribution in [-0.4, -0.2) is 17.4 Å². The van der Waals surface area contributed by atoms with Gasteiger partial charge in [-0.15, -0.1) is 11.6 Å². The van der Waals surface area contributed by atoms with E-state index in [1.165, 1.54) is 12.0 Å². The van der Waals surface area contributed by atoms with Gasteiger partial charge in [-0.2, -0.15) is 0 Å². The predicted octanol–water partition coefficient (Wildman–Crippen LogP) is 3.47. The van der Waals surface area contributed by atoms with Gasteiger partial charge in [0.2, 0.25) is 0 Å². The molecule has 0 aromatic carbocycles. The van der Waals surface area contributed by atoms with Crippen LogP contribution in [0.3, 0.4) is 0 Å². The predicted molar refractivity (Wildman–Crippen MR) is 70.0 cm³/mol. The lowest BCUT2D eigenvalue weighted by Crippen LogP contribution is -2.13. The fourth-order valence-corrected chi connectivity index (χ4v) is 1.99. The Morgan fingerprint density at radius 2 is 2.38 bits per heavy atom. The molecule has 0 saturated carbocycles. The summed E-state index contributed by atoms with van der Waals surface area (Å²) in [4.78, 5) is 4.58. The average molecular weight is 237 g/mol. The maximum atomic E-state index is 5.62. The molecule has 86 valence electrons. The second-order valence-corrected chi connectivity index (χ2v) is 4.39. The minimum absolute atomic E-state index is 0.726. The smallest absolute Gasteiger partial charge is 0.129 e. The van der Waals surface area contributed by atoms with Crippen molar-refractivity contribution < 1.29 is 0 Å². The van der Waals surface area contributed by atoms with Crippen LogP contribution >= 0.6 is 11.6 Å². The van der Waals surface area contributed by atoms with Crippen LogP contribution in [0, 0.1) is 0 Å². The molecule has 0 bridgehead atoms. The highest BCUT2D eigenvalue weighted by molar-refractivity contribution is 6.17. The zero-order chi connectivity index (χ0) is 11.2. The van der Waals surface area contributed by atoms with Crippen LogP contribution in [0.4, 0.5) is 5.82 Å². The summed E-state index contributed by atoms with van der Waals surface area (Å²) in [6, 6.07) is 4.26. The van der Waals surface area contributed by atoms with E-state index in [0.29, 0.717) is 0 Å². The molecular formula is C13H17ClN2. The molecule has 0 radical (unpaired) electrons. The molecule has 2 rings (SSSR count). The Bertz CT molecular complexity index is 374. The van der Waals surface area contributed by atoms with Crippen LogP contribution < -0.4 is 5.32 Å². The number of hydrogen-bond acceptors (Lipinski definition) is 2. The van der Waals surface area contributed by atoms with Crippen LogP contribution in [0.5, 0.6) is 0 Å². The van der Waals surface area contributed by atoms with E-state index in [9.17, 15) is 0 Å². The Kier molecular flexibility index (Phi) is 4.23. The molecule has 0 amide bonds. The number of hydrogen-bond donors (Lipinski definition) is 1. The molecule has 0 saturated heterocycles. The van der Waals surface area contributed by atoms with Gasteiger partial charge in [0.1, 0.15) is 5.82 Å². The molecule has 3 heteroatoms. The second-order valence-electron chi connectivity index (χ2n) is 4.01. The van der Waals surface area contributed by atoms with Crippen LogP contribution in [0.2, 0.25) is 0 Å². The summed E-state index contributed by atoms with van der Waals surface area (Å²) >= 11 is 5.62. The van der Waals surface area contributed by atoms with E-state index in [0.717, 1.165) is 43.2 Å². The highest BCUT2D eigenvalue weighted by atomic mass is 35.5. The molecule has 0 unspecified atom stereocenters. The van der Waals surface area contributed by atoms with Gasteiger partial charge in [-0.1, -0.05) is 12.1 Å². The maximum absolute atomic E-state index is 5.62. The number of aryl methyl sites for hydroxylation is 1. The van der Waals surface area contributed by atoms with Crippen molar-refractivity contribution in [3.8, 4) is 0 Å². The van der Waals surface area contributed by atoms with Gasteiger partial charge < -0.3 is 5.32 Å². The van der Waals surface area contributed by atoms with E-state index in [1.54, 1.807) is 0 Å². The number of alkyl halides is 1. The van der Waals surface area contributed by atoms with Crippen molar-refractivity contribution in [3.63, 3.8) is 0 Å². The number of aromatic nitrogens is 1. The Morgan fingerprint density at radius 1 is 1.44 bits per heavy atom. The third kappa shape index (κ3) is 2.99. The molecule has 0 spiro atoms. The number of nitrogens with zero attached hydrogens (tertiary/aromatic N) is 1. The van der Waals surface area contributed by atoms with E-state index in [4.69, 9.17) is 11.6 Å². The van der Waals surface area contributed by atoms with Crippen LogP contribution in [0.1, 0.15) is 30.5 Å². The van der Waals surface area contributed by atoms with Crippen molar-refractivity contribution in [1.82, 2.24) is 4.98 Å². The SMILES string of the molecule is ClCCCC=Cc1ccc2c(n1)NCCC2. The highest BCUT2D eigenvalue weighted by Gasteiger charge is 2.08. The number of nitrogens with one attached hydrogen (secondary N) is 1. The number of halogens is 1. The van der Waals surface area contributed by atoms with E-state index in [-0.39, 0.29) is 0 Å². The maximum Gasteiger partial charge on any atom is 0.129 e. The zero-order valence-corrected chi connectivity index (χ0v) is 10.1. The van der Waals surface area contributed by atoms with Gasteiger partial charge in [-0.05, 0) is 43.4 Å². The van der Waals surface area contributed by atoms with Gasteiger partial charge in [0.25, 0.3) is 0 Å². The summed E-state index contributed by atoms with van der Waals surface area (Å²) in [7, 11) is 0. The summed E-state index contributed by atoms with van der Waals surface area (Å²) in [6.07, 6.45) is 8.62. The Morgan fingerprint density at radius 3 is 3.25 bits per heavy atom. The van der Waals surface area contributed by atoms with Crippen LogP contribution in [0.25, 0.3) is 6.08 Å². The minimum Gasteiger partial charge on any atom is -0.370 e. The standard InChI is InChI=1S/C13H17ClN2/c14-9-3-1-2-6-12-8-7-11-5-4-10-15-13(11)16-12/h2,6-8H,1,3-5,9-10H2,(H,15,16). The molecule has 0 atom stereocenters. The fourth-order valence-electron chi connectivity index (χ4n) is 1.84. The van der Waals surface area contributed by atoms with E-state index in [1.807, 2.05) is 0 Å². The summed E-state index contributed by atoms with van der Waals surface area (Å²) in [6.45, 7) is 1.04. The van der Waals surface area contributed by atoms with Gasteiger partial charge in [-0.3, -0.25) is 0 Å². The molecule has 1 aromatic heterocycles. The summed E-state index contributed by atoms with van der Waals surface area (Å²) in [5.41, 5.74) is 2.37. The first-order chi connectivity index (χ1) is 7.90.